The number of ether oxygens (including phenoxy) is 1. The molecule has 1 aromatic carbocycles. The van der Waals surface area contributed by atoms with Gasteiger partial charge < -0.3 is 4.74 Å². The molecule has 0 unspecified atom stereocenters. The molecule has 0 spiro atoms. The van der Waals surface area contributed by atoms with E-state index in [2.05, 4.69) is 59.9 Å². The van der Waals surface area contributed by atoms with E-state index >= 15 is 0 Å². The molecule has 0 N–H and O–H groups in total. The van der Waals surface area contributed by atoms with Crippen LogP contribution in [0.3, 0.4) is 0 Å². The van der Waals surface area contributed by atoms with E-state index in [-0.39, 0.29) is 0 Å². The lowest BCUT2D eigenvalue weighted by Gasteiger charge is -2.16. The number of benzene rings is 1. The molecule has 0 aliphatic carbocycles. The number of nitrogens with zero attached hydrogens (tertiary/aromatic N) is 1. The topological polar surface area (TPSA) is 12.5 Å². The van der Waals surface area contributed by atoms with E-state index in [1.165, 1.54) is 11.1 Å². The maximum Gasteiger partial charge on any atom is 0.122 e. The second kappa shape index (κ2) is 7.02. The summed E-state index contributed by atoms with van der Waals surface area (Å²) >= 11 is 3.45. The summed E-state index contributed by atoms with van der Waals surface area (Å²) in [6.07, 6.45) is 1.02. The molecule has 0 aromatic heterocycles. The fourth-order valence-electron chi connectivity index (χ4n) is 1.70. The molecule has 96 valence electrons. The Morgan fingerprint density at radius 2 is 2.06 bits per heavy atom. The average Bonchev–Trinajstić information content (AvgIpc) is 2.35. The minimum Gasteiger partial charge on any atom is -0.496 e. The minimum absolute atomic E-state index is 0.545. The normalized spacial score (nSPS) is 11.2. The largest absolute Gasteiger partial charge is 0.496 e. The molecule has 0 amide bonds. The van der Waals surface area contributed by atoms with Gasteiger partial charge in [0.25, 0.3) is 0 Å². The van der Waals surface area contributed by atoms with Gasteiger partial charge in [-0.3, -0.25) is 4.90 Å². The van der Waals surface area contributed by atoms with E-state index in [0.29, 0.717) is 5.92 Å². The van der Waals surface area contributed by atoms with Crippen molar-refractivity contribution in [1.82, 2.24) is 4.90 Å². The van der Waals surface area contributed by atoms with Crippen LogP contribution in [0.1, 0.15) is 30.9 Å². The lowest BCUT2D eigenvalue weighted by atomic mass is 10.00. The van der Waals surface area contributed by atoms with E-state index in [4.69, 9.17) is 4.74 Å². The van der Waals surface area contributed by atoms with Crippen molar-refractivity contribution in [1.29, 1.82) is 0 Å². The van der Waals surface area contributed by atoms with E-state index < -0.39 is 0 Å². The van der Waals surface area contributed by atoms with Crippen molar-refractivity contribution in [2.45, 2.75) is 26.2 Å². The second-order valence-electron chi connectivity index (χ2n) is 4.68. The van der Waals surface area contributed by atoms with E-state index in [9.17, 15) is 0 Å². The molecule has 0 atom stereocenters. The molecule has 1 rings (SSSR count). The van der Waals surface area contributed by atoms with E-state index in [0.717, 1.165) is 24.2 Å². The summed E-state index contributed by atoms with van der Waals surface area (Å²) in [5.74, 6) is 1.56. The van der Waals surface area contributed by atoms with Crippen LogP contribution in [0.25, 0.3) is 0 Å². The van der Waals surface area contributed by atoms with Gasteiger partial charge in [-0.05, 0) is 36.6 Å². The van der Waals surface area contributed by atoms with Gasteiger partial charge in [-0.15, -0.1) is 0 Å². The predicted molar refractivity (Wildman–Crippen MR) is 77.2 cm³/mol. The van der Waals surface area contributed by atoms with Crippen LogP contribution in [0.5, 0.6) is 5.75 Å². The Balaban J connectivity index is 2.78. The molecule has 0 aliphatic rings. The summed E-state index contributed by atoms with van der Waals surface area (Å²) in [6, 6.07) is 6.56. The Bertz CT molecular complexity index is 352. The zero-order chi connectivity index (χ0) is 12.8. The lowest BCUT2D eigenvalue weighted by Crippen LogP contribution is -2.19. The van der Waals surface area contributed by atoms with Gasteiger partial charge in [0.2, 0.25) is 0 Å². The van der Waals surface area contributed by atoms with Crippen molar-refractivity contribution in [2.75, 3.05) is 26.2 Å². The Hall–Kier alpha value is -0.540. The first-order chi connectivity index (χ1) is 8.08. The van der Waals surface area contributed by atoms with Crippen molar-refractivity contribution >= 4 is 15.9 Å². The third-order valence-corrected chi connectivity index (χ3v) is 3.80. The molecule has 0 heterocycles. The summed E-state index contributed by atoms with van der Waals surface area (Å²) in [4.78, 5) is 2.23. The molecule has 0 saturated carbocycles. The van der Waals surface area contributed by atoms with Crippen LogP contribution in [0, 0.1) is 0 Å². The van der Waals surface area contributed by atoms with Gasteiger partial charge in [0.1, 0.15) is 5.75 Å². The Labute approximate surface area is 113 Å². The number of alkyl halides is 1. The third kappa shape index (κ3) is 4.32. The first kappa shape index (κ1) is 14.5. The zero-order valence-electron chi connectivity index (χ0n) is 11.2. The molecule has 17 heavy (non-hydrogen) atoms. The number of hydrogen-bond acceptors (Lipinski definition) is 2. The molecule has 0 bridgehead atoms. The molecule has 0 fully saturated rings. The van der Waals surface area contributed by atoms with Crippen molar-refractivity contribution in [2.24, 2.45) is 0 Å². The number of hydrogen-bond donors (Lipinski definition) is 0. The predicted octanol–water partition coefficient (Wildman–Crippen LogP) is 3.65. The molecule has 0 saturated heterocycles. The maximum absolute atomic E-state index is 5.47. The Morgan fingerprint density at radius 3 is 2.59 bits per heavy atom. The van der Waals surface area contributed by atoms with Crippen molar-refractivity contribution in [3.05, 3.63) is 29.3 Å². The van der Waals surface area contributed by atoms with Crippen molar-refractivity contribution in [3.63, 3.8) is 0 Å². The number of likely N-dealkylation sites (N-methyl/N-ethyl adjacent to an activating group) is 1. The van der Waals surface area contributed by atoms with Gasteiger partial charge in [-0.1, -0.05) is 41.9 Å². The Morgan fingerprint density at radius 1 is 1.35 bits per heavy atom. The van der Waals surface area contributed by atoms with Crippen LogP contribution < -0.4 is 4.74 Å². The van der Waals surface area contributed by atoms with E-state index in [1.54, 1.807) is 7.11 Å². The van der Waals surface area contributed by atoms with Crippen LogP contribution in [0.15, 0.2) is 18.2 Å². The van der Waals surface area contributed by atoms with E-state index in [1.807, 2.05) is 0 Å². The number of halogens is 1. The highest BCUT2D eigenvalue weighted by atomic mass is 79.9. The fourth-order valence-corrected chi connectivity index (χ4v) is 1.95. The van der Waals surface area contributed by atoms with Crippen LogP contribution in [-0.2, 0) is 6.42 Å². The molecule has 0 aliphatic heterocycles. The van der Waals surface area contributed by atoms with Crippen molar-refractivity contribution < 1.29 is 4.74 Å². The van der Waals surface area contributed by atoms with Gasteiger partial charge in [-0.25, -0.2) is 0 Å². The first-order valence-corrected chi connectivity index (χ1v) is 7.12. The highest BCUT2D eigenvalue weighted by Crippen LogP contribution is 2.25. The first-order valence-electron chi connectivity index (χ1n) is 5.99. The molecule has 0 radical (unpaired) electrons. The van der Waals surface area contributed by atoms with Crippen molar-refractivity contribution in [3.8, 4) is 5.75 Å². The molecular weight excluding hydrogens is 278 g/mol. The van der Waals surface area contributed by atoms with Gasteiger partial charge >= 0.3 is 0 Å². The quantitative estimate of drug-likeness (QED) is 0.587. The highest BCUT2D eigenvalue weighted by molar-refractivity contribution is 9.09. The maximum atomic E-state index is 5.47. The zero-order valence-corrected chi connectivity index (χ0v) is 12.8. The van der Waals surface area contributed by atoms with Crippen LogP contribution >= 0.6 is 15.9 Å². The molecule has 1 aromatic rings. The third-order valence-electron chi connectivity index (χ3n) is 2.94. The summed E-state index contributed by atoms with van der Waals surface area (Å²) in [6.45, 7) is 5.43. The number of methoxy groups -OCH3 is 1. The van der Waals surface area contributed by atoms with Crippen LogP contribution in [0.2, 0.25) is 0 Å². The summed E-state index contributed by atoms with van der Waals surface area (Å²) in [5, 5.41) is 0. The molecular formula is C14H22BrNO. The van der Waals surface area contributed by atoms with Crippen LogP contribution in [0.4, 0.5) is 0 Å². The summed E-state index contributed by atoms with van der Waals surface area (Å²) in [5.41, 5.74) is 3.52. The van der Waals surface area contributed by atoms with Crippen LogP contribution in [-0.4, -0.2) is 31.1 Å². The fraction of sp³-hybridized carbons (Fsp3) is 0.571. The van der Waals surface area contributed by atoms with Gasteiger partial charge in [0, 0.05) is 6.54 Å². The van der Waals surface area contributed by atoms with Gasteiger partial charge in [-0.2, -0.15) is 0 Å². The summed E-state index contributed by atoms with van der Waals surface area (Å²) in [7, 11) is 3.85. The molecule has 3 heteroatoms. The lowest BCUT2D eigenvalue weighted by molar-refractivity contribution is 0.385. The smallest absolute Gasteiger partial charge is 0.122 e. The second-order valence-corrected chi connectivity index (χ2v) is 5.18. The monoisotopic (exact) mass is 299 g/mol. The Kier molecular flexibility index (Phi) is 6.00. The number of rotatable bonds is 6. The molecule has 2 nitrogen and oxygen atoms in total. The standard InChI is InChI=1S/C14H22BrNO/c1-11(2)13-6-5-12(14(9-13)17-4)7-8-16(3)10-15/h5-6,9,11H,7-8,10H2,1-4H3. The average molecular weight is 300 g/mol. The highest BCUT2D eigenvalue weighted by Gasteiger charge is 2.07. The van der Waals surface area contributed by atoms with Gasteiger partial charge in [0.05, 0.1) is 12.6 Å². The van der Waals surface area contributed by atoms with Gasteiger partial charge in [0.15, 0.2) is 0 Å². The summed E-state index contributed by atoms with van der Waals surface area (Å²) < 4.78 is 5.47. The minimum atomic E-state index is 0.545. The SMILES string of the molecule is COc1cc(C(C)C)ccc1CCN(C)CBr.